The summed E-state index contributed by atoms with van der Waals surface area (Å²) >= 11 is 1.49. The second-order valence-corrected chi connectivity index (χ2v) is 11.9. The maximum Gasteiger partial charge on any atom is 0.416 e. The molecule has 15 heteroatoms. The van der Waals surface area contributed by atoms with E-state index in [1.54, 1.807) is 24.3 Å². The average molecular weight is 602 g/mol. The van der Waals surface area contributed by atoms with Crippen LogP contribution in [0.1, 0.15) is 22.3 Å². The number of sulfone groups is 1. The molecule has 0 spiro atoms. The van der Waals surface area contributed by atoms with Gasteiger partial charge in [0.15, 0.2) is 9.84 Å². The first-order chi connectivity index (χ1) is 18.8. The number of urea groups is 1. The summed E-state index contributed by atoms with van der Waals surface area (Å²) in [6.45, 7) is 0.283. The van der Waals surface area contributed by atoms with Gasteiger partial charge in [0.05, 0.1) is 34.0 Å². The fourth-order valence-electron chi connectivity index (χ4n) is 4.16. The summed E-state index contributed by atoms with van der Waals surface area (Å²) in [4.78, 5) is 38.2. The molecule has 218 valence electrons. The van der Waals surface area contributed by atoms with Crippen molar-refractivity contribution in [1.29, 1.82) is 0 Å². The molecule has 0 radical (unpaired) electrons. The highest BCUT2D eigenvalue weighted by atomic mass is 32.2. The number of halogens is 3. The molecule has 0 aromatic heterocycles. The molecule has 5 N–H and O–H groups in total. The zero-order valence-electron chi connectivity index (χ0n) is 21.7. The van der Waals surface area contributed by atoms with E-state index in [4.69, 9.17) is 0 Å². The summed E-state index contributed by atoms with van der Waals surface area (Å²) < 4.78 is 65.7. The van der Waals surface area contributed by atoms with Gasteiger partial charge >= 0.3 is 12.2 Å². The number of alkyl halides is 3. The molecule has 0 bridgehead atoms. The van der Waals surface area contributed by atoms with Crippen LogP contribution in [0.5, 0.6) is 0 Å². The molecular weight excluding hydrogens is 571 g/mol. The molecule has 1 aliphatic heterocycles. The van der Waals surface area contributed by atoms with Crippen LogP contribution in [0.15, 0.2) is 52.3 Å². The quantitative estimate of drug-likeness (QED) is 0.278. The van der Waals surface area contributed by atoms with Crippen LogP contribution in [0.25, 0.3) is 0 Å². The third-order valence-electron chi connectivity index (χ3n) is 6.30. The number of thioether (sulfide) groups is 1. The number of hydrogen-bond acceptors (Lipinski definition) is 7. The highest BCUT2D eigenvalue weighted by Crippen LogP contribution is 2.32. The van der Waals surface area contributed by atoms with Crippen molar-refractivity contribution in [2.75, 3.05) is 44.0 Å². The zero-order valence-corrected chi connectivity index (χ0v) is 23.4. The van der Waals surface area contributed by atoms with Crippen molar-refractivity contribution in [2.45, 2.75) is 28.4 Å². The lowest BCUT2D eigenvalue weighted by molar-refractivity contribution is -0.137. The molecule has 0 unspecified atom stereocenters. The number of piperidine rings is 1. The van der Waals surface area contributed by atoms with Crippen LogP contribution in [-0.2, 0) is 20.8 Å². The molecule has 1 saturated heterocycles. The molecule has 2 atom stereocenters. The van der Waals surface area contributed by atoms with Gasteiger partial charge in [-0.3, -0.25) is 9.59 Å². The Bertz CT molecular complexity index is 1340. The Balaban J connectivity index is 1.66. The standard InChI is InChI=1S/C25H30F3N5O5S2/c1-29-24(36)33-20-8-3-16(25(26,27)28)11-19(20)23(35)31-13-22(34)32-21-12-30-10-9-15(21)14-40(37,38)18-6-4-17(39-2)5-7-18/h3-8,11,15,21,30H,9-10,12-14H2,1-2H3,(H,31,35)(H,32,34)(H2,29,33,36)/t15-,21-/m0/s1. The molecule has 0 saturated carbocycles. The van der Waals surface area contributed by atoms with Gasteiger partial charge in [-0.15, -0.1) is 11.8 Å². The molecule has 1 fully saturated rings. The molecule has 4 amide bonds. The minimum atomic E-state index is -4.74. The number of benzene rings is 2. The number of carbonyl (C=O) groups excluding carboxylic acids is 3. The van der Waals surface area contributed by atoms with Gasteiger partial charge in [0.1, 0.15) is 0 Å². The van der Waals surface area contributed by atoms with Crippen LogP contribution in [-0.4, -0.2) is 71.0 Å². The SMILES string of the molecule is CNC(=O)Nc1ccc(C(F)(F)F)cc1C(=O)NCC(=O)N[C@H]1CNCC[C@H]1CS(=O)(=O)c1ccc(SC)cc1. The maximum absolute atomic E-state index is 13.2. The van der Waals surface area contributed by atoms with E-state index in [0.29, 0.717) is 25.6 Å². The minimum Gasteiger partial charge on any atom is -0.350 e. The number of carbonyl (C=O) groups is 3. The van der Waals surface area contributed by atoms with Crippen molar-refractivity contribution in [2.24, 2.45) is 5.92 Å². The van der Waals surface area contributed by atoms with E-state index >= 15 is 0 Å². The Morgan fingerprint density at radius 1 is 1.10 bits per heavy atom. The molecule has 2 aromatic carbocycles. The van der Waals surface area contributed by atoms with Gasteiger partial charge in [-0.25, -0.2) is 13.2 Å². The first-order valence-corrected chi connectivity index (χ1v) is 15.1. The molecule has 2 aromatic rings. The van der Waals surface area contributed by atoms with E-state index < -0.39 is 63.5 Å². The van der Waals surface area contributed by atoms with Gasteiger partial charge in [0.2, 0.25) is 5.91 Å². The molecule has 0 aliphatic carbocycles. The van der Waals surface area contributed by atoms with Gasteiger partial charge in [-0.1, -0.05) is 0 Å². The second kappa shape index (κ2) is 13.4. The van der Waals surface area contributed by atoms with Crippen molar-refractivity contribution >= 4 is 45.1 Å². The predicted molar refractivity (Wildman–Crippen MR) is 145 cm³/mol. The zero-order chi connectivity index (χ0) is 29.5. The van der Waals surface area contributed by atoms with Crippen LogP contribution in [0.2, 0.25) is 0 Å². The molecule has 1 aliphatic rings. The summed E-state index contributed by atoms with van der Waals surface area (Å²) in [5, 5.41) is 12.6. The number of hydrogen-bond donors (Lipinski definition) is 5. The van der Waals surface area contributed by atoms with E-state index in [1.807, 2.05) is 6.26 Å². The summed E-state index contributed by atoms with van der Waals surface area (Å²) in [6, 6.07) is 7.48. The Morgan fingerprint density at radius 3 is 2.42 bits per heavy atom. The van der Waals surface area contributed by atoms with Gasteiger partial charge in [0.25, 0.3) is 5.91 Å². The highest BCUT2D eigenvalue weighted by molar-refractivity contribution is 7.98. The van der Waals surface area contributed by atoms with Crippen molar-refractivity contribution in [3.05, 3.63) is 53.6 Å². The molecule has 1 heterocycles. The van der Waals surface area contributed by atoms with E-state index in [1.165, 1.54) is 18.8 Å². The monoisotopic (exact) mass is 601 g/mol. The minimum absolute atomic E-state index is 0.183. The summed E-state index contributed by atoms with van der Waals surface area (Å²) in [5.74, 6) is -2.26. The van der Waals surface area contributed by atoms with Gasteiger partial charge in [-0.2, -0.15) is 13.2 Å². The third-order valence-corrected chi connectivity index (χ3v) is 8.90. The maximum atomic E-state index is 13.2. The van der Waals surface area contributed by atoms with E-state index in [-0.39, 0.29) is 16.3 Å². The van der Waals surface area contributed by atoms with Crippen molar-refractivity contribution < 1.29 is 36.0 Å². The van der Waals surface area contributed by atoms with Gasteiger partial charge in [-0.05, 0) is 67.6 Å². The fourth-order valence-corrected chi connectivity index (χ4v) is 6.27. The Hall–Kier alpha value is -3.30. The van der Waals surface area contributed by atoms with Crippen LogP contribution in [0.4, 0.5) is 23.7 Å². The largest absolute Gasteiger partial charge is 0.416 e. The van der Waals surface area contributed by atoms with Gasteiger partial charge < -0.3 is 26.6 Å². The van der Waals surface area contributed by atoms with E-state index in [0.717, 1.165) is 17.0 Å². The van der Waals surface area contributed by atoms with Crippen LogP contribution >= 0.6 is 11.8 Å². The number of amides is 4. The van der Waals surface area contributed by atoms with E-state index in [2.05, 4.69) is 26.6 Å². The Labute approximate surface area is 234 Å². The summed E-state index contributed by atoms with van der Waals surface area (Å²) in [5.41, 5.74) is -1.77. The third kappa shape index (κ3) is 8.35. The lowest BCUT2D eigenvalue weighted by Crippen LogP contribution is -2.54. The topological polar surface area (TPSA) is 146 Å². The van der Waals surface area contributed by atoms with Crippen LogP contribution in [0.3, 0.4) is 0 Å². The first kappa shape index (κ1) is 31.2. The van der Waals surface area contributed by atoms with E-state index in [9.17, 15) is 36.0 Å². The van der Waals surface area contributed by atoms with Crippen molar-refractivity contribution in [1.82, 2.24) is 21.3 Å². The number of rotatable bonds is 9. The molecule has 40 heavy (non-hydrogen) atoms. The number of nitrogens with one attached hydrogen (secondary N) is 5. The van der Waals surface area contributed by atoms with Crippen LogP contribution in [0, 0.1) is 5.92 Å². The Kier molecular flexibility index (Phi) is 10.4. The fraction of sp³-hybridized carbons (Fsp3) is 0.400. The summed E-state index contributed by atoms with van der Waals surface area (Å²) in [6.07, 6.45) is -2.37. The van der Waals surface area contributed by atoms with Crippen molar-refractivity contribution in [3.8, 4) is 0 Å². The lowest BCUT2D eigenvalue weighted by atomic mass is 9.94. The average Bonchev–Trinajstić information content (AvgIpc) is 2.92. The molecular formula is C25H30F3N5O5S2. The molecule has 3 rings (SSSR count). The van der Waals surface area contributed by atoms with Gasteiger partial charge in [0, 0.05) is 24.5 Å². The highest BCUT2D eigenvalue weighted by Gasteiger charge is 2.33. The molecule has 10 nitrogen and oxygen atoms in total. The number of anilines is 1. The van der Waals surface area contributed by atoms with Crippen molar-refractivity contribution in [3.63, 3.8) is 0 Å². The first-order valence-electron chi connectivity index (χ1n) is 12.2. The summed E-state index contributed by atoms with van der Waals surface area (Å²) in [7, 11) is -2.34. The second-order valence-electron chi connectivity index (χ2n) is 9.03. The normalized spacial score (nSPS) is 17.5. The predicted octanol–water partition coefficient (Wildman–Crippen LogP) is 2.48. The smallest absolute Gasteiger partial charge is 0.350 e. The Morgan fingerprint density at radius 2 is 1.80 bits per heavy atom. The van der Waals surface area contributed by atoms with Crippen LogP contribution < -0.4 is 26.6 Å². The lowest BCUT2D eigenvalue weighted by Gasteiger charge is -2.32.